The summed E-state index contributed by atoms with van der Waals surface area (Å²) in [7, 11) is 0. The average molecular weight is 242 g/mol. The molecule has 0 spiro atoms. The second-order valence-electron chi connectivity index (χ2n) is 3.74. The summed E-state index contributed by atoms with van der Waals surface area (Å²) in [5.74, 6) is -3.57. The number of carbonyl (C=O) groups excluding carboxylic acids is 4. The Hall–Kier alpha value is -1.72. The van der Waals surface area contributed by atoms with E-state index in [1.165, 1.54) is 0 Å². The van der Waals surface area contributed by atoms with E-state index in [9.17, 15) is 29.4 Å². The maximum Gasteiger partial charge on any atom is 0.138 e. The van der Waals surface area contributed by atoms with Crippen molar-refractivity contribution in [1.82, 2.24) is 0 Å². The van der Waals surface area contributed by atoms with Gasteiger partial charge in [0, 0.05) is 37.6 Å². The van der Waals surface area contributed by atoms with Gasteiger partial charge in [0.05, 0.1) is 0 Å². The fourth-order valence-electron chi connectivity index (χ4n) is 1.32. The summed E-state index contributed by atoms with van der Waals surface area (Å²) < 4.78 is 0. The summed E-state index contributed by atoms with van der Waals surface area (Å²) in [5.41, 5.74) is 0. The summed E-state index contributed by atoms with van der Waals surface area (Å²) in [5, 5.41) is 20.1. The summed E-state index contributed by atoms with van der Waals surface area (Å²) >= 11 is 0. The van der Waals surface area contributed by atoms with Gasteiger partial charge in [-0.3, -0.25) is 9.59 Å². The molecule has 0 aliphatic rings. The third kappa shape index (κ3) is 10.6. The number of hydrogen-bond acceptors (Lipinski definition) is 6. The zero-order valence-corrected chi connectivity index (χ0v) is 9.40. The van der Waals surface area contributed by atoms with Crippen molar-refractivity contribution >= 4 is 23.5 Å². The van der Waals surface area contributed by atoms with Crippen LogP contribution in [0.25, 0.3) is 0 Å². The van der Waals surface area contributed by atoms with Crippen molar-refractivity contribution < 1.29 is 29.4 Å². The van der Waals surface area contributed by atoms with Crippen LogP contribution in [0.5, 0.6) is 0 Å². The standard InChI is InChI=1S/C11H16O6/c12-8(6-10(14)15)4-2-1-3-5-9(13)7-11(16)17/h1-7H2,(H,14,15)(H,16,17)/p-2. The third-order valence-electron chi connectivity index (χ3n) is 2.09. The van der Waals surface area contributed by atoms with Crippen LogP contribution >= 0.6 is 0 Å². The first kappa shape index (κ1) is 15.3. The van der Waals surface area contributed by atoms with Crippen LogP contribution in [-0.4, -0.2) is 23.5 Å². The van der Waals surface area contributed by atoms with E-state index in [1.54, 1.807) is 0 Å². The lowest BCUT2D eigenvalue weighted by atomic mass is 10.1. The molecule has 0 aromatic carbocycles. The Bertz CT molecular complexity index is 277. The molecule has 0 amide bonds. The lowest BCUT2D eigenvalue weighted by molar-refractivity contribution is -0.306. The number of carboxylic acids is 2. The van der Waals surface area contributed by atoms with Crippen LogP contribution in [-0.2, 0) is 19.2 Å². The van der Waals surface area contributed by atoms with Crippen molar-refractivity contribution in [2.24, 2.45) is 0 Å². The molecule has 0 aromatic heterocycles. The number of hydrogen-bond donors (Lipinski definition) is 0. The Balaban J connectivity index is 3.46. The van der Waals surface area contributed by atoms with E-state index in [2.05, 4.69) is 0 Å². The van der Waals surface area contributed by atoms with Gasteiger partial charge in [-0.05, 0) is 12.8 Å². The molecule has 0 heterocycles. The van der Waals surface area contributed by atoms with E-state index < -0.39 is 36.3 Å². The second kappa shape index (κ2) is 8.43. The Morgan fingerprint density at radius 1 is 0.647 bits per heavy atom. The lowest BCUT2D eigenvalue weighted by Gasteiger charge is -2.03. The predicted molar refractivity (Wildman–Crippen MR) is 52.3 cm³/mol. The largest absolute Gasteiger partial charge is 0.550 e. The van der Waals surface area contributed by atoms with E-state index >= 15 is 0 Å². The van der Waals surface area contributed by atoms with Crippen LogP contribution in [0.3, 0.4) is 0 Å². The highest BCUT2D eigenvalue weighted by Crippen LogP contribution is 2.06. The molecular formula is C11H14O6-2. The SMILES string of the molecule is O=C([O-])CC(=O)CCCCCC(=O)CC(=O)[O-]. The summed E-state index contributed by atoms with van der Waals surface area (Å²) in [6.45, 7) is 0. The van der Waals surface area contributed by atoms with E-state index in [0.717, 1.165) is 0 Å². The van der Waals surface area contributed by atoms with Crippen molar-refractivity contribution in [2.45, 2.75) is 44.9 Å². The number of aliphatic carboxylic acids is 2. The van der Waals surface area contributed by atoms with E-state index in [1.807, 2.05) is 0 Å². The molecule has 0 bridgehead atoms. The van der Waals surface area contributed by atoms with Gasteiger partial charge in [-0.1, -0.05) is 6.42 Å². The smallest absolute Gasteiger partial charge is 0.138 e. The van der Waals surface area contributed by atoms with E-state index in [0.29, 0.717) is 19.3 Å². The third-order valence-corrected chi connectivity index (χ3v) is 2.09. The molecule has 0 rings (SSSR count). The zero-order chi connectivity index (χ0) is 13.3. The van der Waals surface area contributed by atoms with Gasteiger partial charge in [-0.25, -0.2) is 0 Å². The molecule has 0 aliphatic carbocycles. The molecule has 0 N–H and O–H groups in total. The Labute approximate surface area is 98.6 Å². The highest BCUT2D eigenvalue weighted by molar-refractivity contribution is 5.94. The van der Waals surface area contributed by atoms with E-state index in [4.69, 9.17) is 0 Å². The molecular weight excluding hydrogens is 228 g/mol. The van der Waals surface area contributed by atoms with Crippen LogP contribution in [0.2, 0.25) is 0 Å². The van der Waals surface area contributed by atoms with Gasteiger partial charge in [-0.15, -0.1) is 0 Å². The number of Topliss-reactive ketones (excluding diaryl/α,β-unsaturated/α-hetero) is 2. The highest BCUT2D eigenvalue weighted by Gasteiger charge is 2.04. The first-order valence-corrected chi connectivity index (χ1v) is 5.35. The first-order chi connectivity index (χ1) is 7.91. The molecule has 0 fully saturated rings. The van der Waals surface area contributed by atoms with Crippen molar-refractivity contribution in [3.8, 4) is 0 Å². The fraction of sp³-hybridized carbons (Fsp3) is 0.636. The molecule has 0 radical (unpaired) electrons. The monoisotopic (exact) mass is 242 g/mol. The van der Waals surface area contributed by atoms with Gasteiger partial charge < -0.3 is 19.8 Å². The van der Waals surface area contributed by atoms with Crippen LogP contribution in [0, 0.1) is 0 Å². The topological polar surface area (TPSA) is 114 Å². The Morgan fingerprint density at radius 3 is 1.29 bits per heavy atom. The summed E-state index contributed by atoms with van der Waals surface area (Å²) in [4.78, 5) is 41.9. The molecule has 6 nitrogen and oxygen atoms in total. The van der Waals surface area contributed by atoms with Crippen molar-refractivity contribution in [2.75, 3.05) is 0 Å². The average Bonchev–Trinajstić information content (AvgIpc) is 2.14. The number of ketones is 2. The lowest BCUT2D eigenvalue weighted by Crippen LogP contribution is -2.25. The predicted octanol–water partition coefficient (Wildman–Crippen LogP) is -1.64. The van der Waals surface area contributed by atoms with Gasteiger partial charge in [0.1, 0.15) is 11.6 Å². The minimum atomic E-state index is -1.39. The van der Waals surface area contributed by atoms with Crippen molar-refractivity contribution in [1.29, 1.82) is 0 Å². The van der Waals surface area contributed by atoms with Crippen LogP contribution in [0.15, 0.2) is 0 Å². The number of carbonyl (C=O) groups is 4. The van der Waals surface area contributed by atoms with Gasteiger partial charge in [0.15, 0.2) is 0 Å². The van der Waals surface area contributed by atoms with Crippen molar-refractivity contribution in [3.63, 3.8) is 0 Å². The van der Waals surface area contributed by atoms with Crippen LogP contribution in [0.1, 0.15) is 44.9 Å². The maximum absolute atomic E-state index is 10.9. The maximum atomic E-state index is 10.9. The van der Waals surface area contributed by atoms with Crippen molar-refractivity contribution in [3.05, 3.63) is 0 Å². The van der Waals surface area contributed by atoms with Gasteiger partial charge in [0.2, 0.25) is 0 Å². The Morgan fingerprint density at radius 2 is 1.00 bits per heavy atom. The normalized spacial score (nSPS) is 9.88. The molecule has 0 saturated carbocycles. The molecule has 0 saturated heterocycles. The van der Waals surface area contributed by atoms with Gasteiger partial charge in [-0.2, -0.15) is 0 Å². The molecule has 0 unspecified atom stereocenters. The molecule has 17 heavy (non-hydrogen) atoms. The fourth-order valence-corrected chi connectivity index (χ4v) is 1.32. The summed E-state index contributed by atoms with van der Waals surface area (Å²) in [6, 6.07) is 0. The minimum absolute atomic E-state index is 0.142. The number of unbranched alkanes of at least 4 members (excludes halogenated alkanes) is 2. The first-order valence-electron chi connectivity index (χ1n) is 5.35. The minimum Gasteiger partial charge on any atom is -0.550 e. The zero-order valence-electron chi connectivity index (χ0n) is 9.40. The van der Waals surface area contributed by atoms with E-state index in [-0.39, 0.29) is 12.8 Å². The summed E-state index contributed by atoms with van der Waals surface area (Å²) in [6.07, 6.45) is 0.686. The quantitative estimate of drug-likeness (QED) is 0.335. The van der Waals surface area contributed by atoms with Crippen LogP contribution < -0.4 is 10.2 Å². The highest BCUT2D eigenvalue weighted by atomic mass is 16.4. The number of rotatable bonds is 10. The molecule has 0 aliphatic heterocycles. The Kier molecular flexibility index (Phi) is 7.58. The van der Waals surface area contributed by atoms with Crippen LogP contribution in [0.4, 0.5) is 0 Å². The van der Waals surface area contributed by atoms with Gasteiger partial charge in [0.25, 0.3) is 0 Å². The number of carboxylic acid groups (broad SMARTS) is 2. The molecule has 0 atom stereocenters. The molecule has 6 heteroatoms. The molecule has 96 valence electrons. The van der Waals surface area contributed by atoms with Gasteiger partial charge >= 0.3 is 0 Å². The second-order valence-corrected chi connectivity index (χ2v) is 3.74. The molecule has 0 aromatic rings.